The molecule has 2 aliphatic heterocycles. The summed E-state index contributed by atoms with van der Waals surface area (Å²) in [5.41, 5.74) is 2.45. The Balaban J connectivity index is 1.40. The molecule has 1 unspecified atom stereocenters. The molecule has 27 heavy (non-hydrogen) atoms. The van der Waals surface area contributed by atoms with E-state index in [2.05, 4.69) is 5.32 Å². The van der Waals surface area contributed by atoms with Crippen LogP contribution >= 0.6 is 0 Å². The number of carbonyl (C=O) groups excluding carboxylic acids is 1. The molecule has 6 nitrogen and oxygen atoms in total. The van der Waals surface area contributed by atoms with Gasteiger partial charge in [-0.2, -0.15) is 4.31 Å². The molecule has 1 N–H and O–H groups in total. The van der Waals surface area contributed by atoms with Crippen LogP contribution in [-0.2, 0) is 27.7 Å². The van der Waals surface area contributed by atoms with Crippen LogP contribution in [0.25, 0.3) is 0 Å². The van der Waals surface area contributed by atoms with Gasteiger partial charge in [0.15, 0.2) is 0 Å². The molecule has 1 aromatic carbocycles. The van der Waals surface area contributed by atoms with Crippen LogP contribution in [0, 0.1) is 5.92 Å². The van der Waals surface area contributed by atoms with Crippen molar-refractivity contribution in [2.75, 3.05) is 33.2 Å². The van der Waals surface area contributed by atoms with Gasteiger partial charge >= 0.3 is 0 Å². The highest BCUT2D eigenvalue weighted by molar-refractivity contribution is 7.89. The average Bonchev–Trinajstić information content (AvgIpc) is 3.38. The summed E-state index contributed by atoms with van der Waals surface area (Å²) in [7, 11) is -1.59. The lowest BCUT2D eigenvalue weighted by Gasteiger charge is -2.34. The molecule has 1 amide bonds. The van der Waals surface area contributed by atoms with E-state index in [1.807, 2.05) is 24.1 Å². The van der Waals surface area contributed by atoms with Gasteiger partial charge in [-0.05, 0) is 68.3 Å². The first-order chi connectivity index (χ1) is 13.0. The third-order valence-corrected chi connectivity index (χ3v) is 8.34. The molecule has 7 heteroatoms. The fraction of sp³-hybridized carbons (Fsp3) is 0.650. The summed E-state index contributed by atoms with van der Waals surface area (Å²) in [5, 5.41) is 3.29. The number of carbonyl (C=O) groups is 1. The topological polar surface area (TPSA) is 69.7 Å². The highest BCUT2D eigenvalue weighted by atomic mass is 32.2. The van der Waals surface area contributed by atoms with Crippen molar-refractivity contribution in [3.63, 3.8) is 0 Å². The summed E-state index contributed by atoms with van der Waals surface area (Å²) in [6.45, 7) is 2.66. The van der Waals surface area contributed by atoms with E-state index in [1.54, 1.807) is 10.4 Å². The van der Waals surface area contributed by atoms with Crippen LogP contribution in [0.5, 0.6) is 0 Å². The fourth-order valence-electron chi connectivity index (χ4n) is 4.64. The van der Waals surface area contributed by atoms with Crippen LogP contribution in [0.1, 0.15) is 36.8 Å². The van der Waals surface area contributed by atoms with E-state index in [9.17, 15) is 13.2 Å². The maximum absolute atomic E-state index is 13.0. The lowest BCUT2D eigenvalue weighted by Crippen LogP contribution is -2.46. The van der Waals surface area contributed by atoms with Crippen molar-refractivity contribution in [1.82, 2.24) is 14.5 Å². The lowest BCUT2D eigenvalue weighted by molar-refractivity contribution is -0.137. The van der Waals surface area contributed by atoms with Crippen LogP contribution in [0.15, 0.2) is 23.1 Å². The zero-order valence-electron chi connectivity index (χ0n) is 16.0. The molecule has 1 atom stereocenters. The molecular weight excluding hydrogens is 362 g/mol. The normalized spacial score (nSPS) is 24.1. The van der Waals surface area contributed by atoms with E-state index in [0.29, 0.717) is 30.8 Å². The number of amides is 1. The third-order valence-electron chi connectivity index (χ3n) is 6.44. The maximum Gasteiger partial charge on any atom is 0.243 e. The van der Waals surface area contributed by atoms with Crippen LogP contribution in [0.2, 0.25) is 0 Å². The first-order valence-electron chi connectivity index (χ1n) is 10.1. The Morgan fingerprint density at radius 3 is 2.59 bits per heavy atom. The number of hydrogen-bond acceptors (Lipinski definition) is 4. The van der Waals surface area contributed by atoms with Gasteiger partial charge in [0.05, 0.1) is 4.90 Å². The number of sulfonamides is 1. The second-order valence-corrected chi connectivity index (χ2v) is 10.00. The second-order valence-electron chi connectivity index (χ2n) is 8.06. The van der Waals surface area contributed by atoms with Gasteiger partial charge < -0.3 is 10.2 Å². The molecule has 0 radical (unpaired) electrons. The number of hydrogen-bond donors (Lipinski definition) is 1. The van der Waals surface area contributed by atoms with Gasteiger partial charge in [0, 0.05) is 38.6 Å². The summed E-state index contributed by atoms with van der Waals surface area (Å²) in [6, 6.07) is 5.84. The van der Waals surface area contributed by atoms with Crippen molar-refractivity contribution in [2.45, 2.75) is 49.5 Å². The van der Waals surface area contributed by atoms with Gasteiger partial charge in [0.25, 0.3) is 0 Å². The van der Waals surface area contributed by atoms with Crippen molar-refractivity contribution in [3.05, 3.63) is 29.3 Å². The fourth-order valence-corrected chi connectivity index (χ4v) is 6.16. The minimum absolute atomic E-state index is 0.0675. The molecule has 2 heterocycles. The maximum atomic E-state index is 13.0. The molecule has 148 valence electrons. The molecule has 4 rings (SSSR count). The first kappa shape index (κ1) is 18.9. The Bertz CT molecular complexity index is 810. The Kier molecular flexibility index (Phi) is 5.27. The summed E-state index contributed by atoms with van der Waals surface area (Å²) in [6.07, 6.45) is 5.33. The molecule has 0 aromatic heterocycles. The number of rotatable bonds is 4. The summed E-state index contributed by atoms with van der Waals surface area (Å²) >= 11 is 0. The monoisotopic (exact) mass is 391 g/mol. The largest absolute Gasteiger partial charge is 0.341 e. The van der Waals surface area contributed by atoms with Gasteiger partial charge in [0.1, 0.15) is 0 Å². The van der Waals surface area contributed by atoms with E-state index in [1.165, 1.54) is 11.1 Å². The molecular formula is C20H29N3O3S. The van der Waals surface area contributed by atoms with Gasteiger partial charge in [-0.15, -0.1) is 0 Å². The molecule has 0 bridgehead atoms. The van der Waals surface area contributed by atoms with Crippen LogP contribution < -0.4 is 5.32 Å². The quantitative estimate of drug-likeness (QED) is 0.842. The summed E-state index contributed by atoms with van der Waals surface area (Å²) in [4.78, 5) is 15.0. The number of fused-ring (bicyclic) bond motifs is 1. The van der Waals surface area contributed by atoms with Crippen LogP contribution in [-0.4, -0.2) is 62.8 Å². The number of nitrogens with zero attached hydrogens (tertiary/aromatic N) is 2. The predicted octanol–water partition coefficient (Wildman–Crippen LogP) is 1.40. The highest BCUT2D eigenvalue weighted by Crippen LogP contribution is 2.29. The number of benzene rings is 1. The first-order valence-corrected chi connectivity index (χ1v) is 11.5. The third kappa shape index (κ3) is 3.65. The van der Waals surface area contributed by atoms with E-state index < -0.39 is 10.0 Å². The Hall–Kier alpha value is -1.44. The SMILES string of the molecule is CN(C(=O)C1CCN(S(=O)(=O)c2ccc3c(c2)CCC3)CC1)C1CCNC1. The highest BCUT2D eigenvalue weighted by Gasteiger charge is 2.35. The predicted molar refractivity (Wildman–Crippen MR) is 104 cm³/mol. The molecule has 2 saturated heterocycles. The minimum atomic E-state index is -3.47. The number of piperidine rings is 1. The summed E-state index contributed by atoms with van der Waals surface area (Å²) < 4.78 is 27.6. The van der Waals surface area contributed by atoms with E-state index in [0.717, 1.165) is 38.8 Å². The minimum Gasteiger partial charge on any atom is -0.341 e. The van der Waals surface area contributed by atoms with Crippen LogP contribution in [0.3, 0.4) is 0 Å². The van der Waals surface area contributed by atoms with Gasteiger partial charge in [0.2, 0.25) is 15.9 Å². The second kappa shape index (κ2) is 7.53. The van der Waals surface area contributed by atoms with Gasteiger partial charge in [-0.1, -0.05) is 6.07 Å². The molecule has 0 spiro atoms. The van der Waals surface area contributed by atoms with Crippen molar-refractivity contribution >= 4 is 15.9 Å². The molecule has 3 aliphatic rings. The van der Waals surface area contributed by atoms with Crippen molar-refractivity contribution in [2.24, 2.45) is 5.92 Å². The van der Waals surface area contributed by atoms with E-state index in [-0.39, 0.29) is 17.9 Å². The molecule has 0 saturated carbocycles. The van der Waals surface area contributed by atoms with Crippen molar-refractivity contribution < 1.29 is 13.2 Å². The molecule has 1 aliphatic carbocycles. The smallest absolute Gasteiger partial charge is 0.243 e. The zero-order chi connectivity index (χ0) is 19.0. The Morgan fingerprint density at radius 2 is 1.89 bits per heavy atom. The van der Waals surface area contributed by atoms with Crippen molar-refractivity contribution in [1.29, 1.82) is 0 Å². The number of aryl methyl sites for hydroxylation is 2. The van der Waals surface area contributed by atoms with Crippen LogP contribution in [0.4, 0.5) is 0 Å². The molecule has 1 aromatic rings. The standard InChI is InChI=1S/C20H29N3O3S/c1-22(18-7-10-21-14-18)20(24)16-8-11-23(12-9-16)27(25,26)19-6-5-15-3-2-4-17(15)13-19/h5-6,13,16,18,21H,2-4,7-12,14H2,1H3. The van der Waals surface area contributed by atoms with Gasteiger partial charge in [-0.3, -0.25) is 4.79 Å². The van der Waals surface area contributed by atoms with E-state index in [4.69, 9.17) is 0 Å². The Morgan fingerprint density at radius 1 is 1.15 bits per heavy atom. The van der Waals surface area contributed by atoms with E-state index >= 15 is 0 Å². The summed E-state index contributed by atoms with van der Waals surface area (Å²) in [5.74, 6) is 0.0975. The van der Waals surface area contributed by atoms with Crippen molar-refractivity contribution in [3.8, 4) is 0 Å². The Labute approximate surface area is 162 Å². The number of nitrogens with one attached hydrogen (secondary N) is 1. The van der Waals surface area contributed by atoms with Gasteiger partial charge in [-0.25, -0.2) is 8.42 Å². The average molecular weight is 392 g/mol. The molecule has 2 fully saturated rings. The number of likely N-dealkylation sites (N-methyl/N-ethyl adjacent to an activating group) is 1. The zero-order valence-corrected chi connectivity index (χ0v) is 16.8. The lowest BCUT2D eigenvalue weighted by atomic mass is 9.96.